The molecule has 0 saturated carbocycles. The number of aromatic amines is 1. The molecule has 2 atom stereocenters. The summed E-state index contributed by atoms with van der Waals surface area (Å²) in [4.78, 5) is 29.6. The predicted molar refractivity (Wildman–Crippen MR) is 125 cm³/mol. The fraction of sp³-hybridized carbons (Fsp3) is 0.360. The Kier molecular flexibility index (Phi) is 6.75. The van der Waals surface area contributed by atoms with Crippen molar-refractivity contribution in [3.8, 4) is 5.75 Å². The maximum Gasteiger partial charge on any atom is 0.234 e. The second-order valence-corrected chi connectivity index (χ2v) is 8.40. The van der Waals surface area contributed by atoms with Crippen LogP contribution < -0.4 is 15.8 Å². The highest BCUT2D eigenvalue weighted by Crippen LogP contribution is 2.31. The minimum absolute atomic E-state index is 0.0132. The minimum atomic E-state index is -0.283. The van der Waals surface area contributed by atoms with Crippen molar-refractivity contribution in [2.45, 2.75) is 18.8 Å². The summed E-state index contributed by atoms with van der Waals surface area (Å²) >= 11 is 0. The molecule has 168 valence electrons. The van der Waals surface area contributed by atoms with Gasteiger partial charge in [0.2, 0.25) is 11.8 Å². The molecule has 1 aliphatic heterocycles. The Morgan fingerprint density at radius 3 is 2.75 bits per heavy atom. The van der Waals surface area contributed by atoms with Crippen LogP contribution in [0.2, 0.25) is 0 Å². The number of carbonyl (C=O) groups is 2. The number of fused-ring (bicyclic) bond motifs is 1. The number of nitrogens with zero attached hydrogens (tertiary/aromatic N) is 1. The van der Waals surface area contributed by atoms with Crippen molar-refractivity contribution in [2.75, 3.05) is 33.3 Å². The second-order valence-electron chi connectivity index (χ2n) is 8.40. The lowest BCUT2D eigenvalue weighted by atomic mass is 9.90. The number of methoxy groups -OCH3 is 1. The first-order valence-electron chi connectivity index (χ1n) is 11.0. The van der Waals surface area contributed by atoms with Crippen LogP contribution in [0.4, 0.5) is 0 Å². The number of rotatable bonds is 8. The third-order valence-corrected chi connectivity index (χ3v) is 6.29. The largest absolute Gasteiger partial charge is 0.497 e. The van der Waals surface area contributed by atoms with Gasteiger partial charge < -0.3 is 20.8 Å². The Balaban J connectivity index is 1.49. The van der Waals surface area contributed by atoms with E-state index in [4.69, 9.17) is 10.5 Å². The Morgan fingerprint density at radius 2 is 2.00 bits per heavy atom. The van der Waals surface area contributed by atoms with Crippen molar-refractivity contribution in [1.29, 1.82) is 0 Å². The van der Waals surface area contributed by atoms with Crippen LogP contribution in [0, 0.1) is 5.92 Å². The molecule has 3 aromatic rings. The Labute approximate surface area is 187 Å². The number of hydrogen-bond donors (Lipinski definition) is 3. The van der Waals surface area contributed by atoms with Crippen molar-refractivity contribution < 1.29 is 14.3 Å². The SMILES string of the molecule is COc1ccc([C@H](CNC(=O)CN2CCC[C@H](C(N)=O)C2)c2c[nH]c3ccccc23)cc1. The number of aromatic nitrogens is 1. The topological polar surface area (TPSA) is 100 Å². The summed E-state index contributed by atoms with van der Waals surface area (Å²) in [6.45, 7) is 2.10. The number of amides is 2. The van der Waals surface area contributed by atoms with E-state index in [2.05, 4.69) is 16.4 Å². The molecule has 1 fully saturated rings. The first-order valence-corrected chi connectivity index (χ1v) is 11.0. The molecular formula is C25H30N4O3. The van der Waals surface area contributed by atoms with E-state index in [9.17, 15) is 9.59 Å². The molecule has 1 aliphatic rings. The Hall–Kier alpha value is -3.32. The fourth-order valence-electron chi connectivity index (χ4n) is 4.53. The molecule has 2 aromatic carbocycles. The third kappa shape index (κ3) is 4.94. The standard InChI is InChI=1S/C25H30N4O3/c1-32-19-10-8-17(9-11-19)21(22-14-27-23-7-3-2-6-20(22)23)13-28-24(30)16-29-12-4-5-18(15-29)25(26)31/h2-3,6-11,14,18,21,27H,4-5,12-13,15-16H2,1H3,(H2,26,31)(H,28,30)/t18-,21-/m0/s1. The molecular weight excluding hydrogens is 404 g/mol. The van der Waals surface area contributed by atoms with Gasteiger partial charge in [-0.25, -0.2) is 0 Å². The normalized spacial score (nSPS) is 17.7. The number of likely N-dealkylation sites (tertiary alicyclic amines) is 1. The summed E-state index contributed by atoms with van der Waals surface area (Å²) in [6, 6.07) is 16.1. The zero-order valence-electron chi connectivity index (χ0n) is 18.3. The van der Waals surface area contributed by atoms with Crippen molar-refractivity contribution in [3.63, 3.8) is 0 Å². The molecule has 0 unspecified atom stereocenters. The summed E-state index contributed by atoms with van der Waals surface area (Å²) in [5.74, 6) is 0.280. The van der Waals surface area contributed by atoms with Crippen LogP contribution in [0.1, 0.15) is 29.9 Å². The van der Waals surface area contributed by atoms with Crippen molar-refractivity contribution in [3.05, 3.63) is 65.9 Å². The lowest BCUT2D eigenvalue weighted by Gasteiger charge is -2.30. The van der Waals surface area contributed by atoms with Gasteiger partial charge in [-0.05, 0) is 48.7 Å². The minimum Gasteiger partial charge on any atom is -0.497 e. The van der Waals surface area contributed by atoms with Gasteiger partial charge in [0.25, 0.3) is 0 Å². The van der Waals surface area contributed by atoms with Crippen LogP contribution in [0.3, 0.4) is 0 Å². The van der Waals surface area contributed by atoms with Crippen LogP contribution in [0.5, 0.6) is 5.75 Å². The summed E-state index contributed by atoms with van der Waals surface area (Å²) < 4.78 is 5.30. The van der Waals surface area contributed by atoms with E-state index >= 15 is 0 Å². The van der Waals surface area contributed by atoms with Crippen LogP contribution in [0.15, 0.2) is 54.7 Å². The monoisotopic (exact) mass is 434 g/mol. The van der Waals surface area contributed by atoms with Gasteiger partial charge in [-0.1, -0.05) is 30.3 Å². The van der Waals surface area contributed by atoms with Gasteiger partial charge >= 0.3 is 0 Å². The number of carbonyl (C=O) groups excluding carboxylic acids is 2. The molecule has 1 aromatic heterocycles. The van der Waals surface area contributed by atoms with Crippen LogP contribution >= 0.6 is 0 Å². The number of ether oxygens (including phenoxy) is 1. The average molecular weight is 435 g/mol. The summed E-state index contributed by atoms with van der Waals surface area (Å²) in [6.07, 6.45) is 3.70. The fourth-order valence-corrected chi connectivity index (χ4v) is 4.53. The van der Waals surface area contributed by atoms with E-state index in [1.165, 1.54) is 0 Å². The van der Waals surface area contributed by atoms with E-state index in [-0.39, 0.29) is 30.2 Å². The Morgan fingerprint density at radius 1 is 1.22 bits per heavy atom. The molecule has 0 spiro atoms. The van der Waals surface area contributed by atoms with E-state index in [0.717, 1.165) is 47.2 Å². The zero-order chi connectivity index (χ0) is 22.5. The van der Waals surface area contributed by atoms with Crippen molar-refractivity contribution in [2.24, 2.45) is 11.7 Å². The molecule has 0 bridgehead atoms. The summed E-state index contributed by atoms with van der Waals surface area (Å²) in [5.41, 5.74) is 8.77. The van der Waals surface area contributed by atoms with Gasteiger partial charge in [0.15, 0.2) is 0 Å². The Bertz CT molecular complexity index is 1080. The lowest BCUT2D eigenvalue weighted by molar-refractivity contribution is -0.126. The molecule has 0 aliphatic carbocycles. The highest BCUT2D eigenvalue weighted by Gasteiger charge is 2.26. The lowest BCUT2D eigenvalue weighted by Crippen LogP contribution is -2.46. The molecule has 0 radical (unpaired) electrons. The van der Waals surface area contributed by atoms with Gasteiger partial charge in [-0.15, -0.1) is 0 Å². The van der Waals surface area contributed by atoms with Crippen LogP contribution in [0.25, 0.3) is 10.9 Å². The van der Waals surface area contributed by atoms with Gasteiger partial charge in [0.05, 0.1) is 19.6 Å². The number of primary amides is 1. The van der Waals surface area contributed by atoms with E-state index in [1.54, 1.807) is 7.11 Å². The smallest absolute Gasteiger partial charge is 0.234 e. The summed E-state index contributed by atoms with van der Waals surface area (Å²) in [5, 5.41) is 4.25. The molecule has 2 amide bonds. The first-order chi connectivity index (χ1) is 15.5. The van der Waals surface area contributed by atoms with Gasteiger partial charge in [-0.3, -0.25) is 14.5 Å². The highest BCUT2D eigenvalue weighted by molar-refractivity contribution is 5.84. The zero-order valence-corrected chi connectivity index (χ0v) is 18.3. The quantitative estimate of drug-likeness (QED) is 0.507. The number of H-pyrrole nitrogens is 1. The maximum atomic E-state index is 12.8. The summed E-state index contributed by atoms with van der Waals surface area (Å²) in [7, 11) is 1.65. The van der Waals surface area contributed by atoms with E-state index < -0.39 is 0 Å². The third-order valence-electron chi connectivity index (χ3n) is 6.29. The van der Waals surface area contributed by atoms with Crippen LogP contribution in [-0.4, -0.2) is 55.0 Å². The maximum absolute atomic E-state index is 12.8. The number of nitrogens with two attached hydrogens (primary N) is 1. The van der Waals surface area contributed by atoms with Gasteiger partial charge in [-0.2, -0.15) is 0 Å². The number of hydrogen-bond acceptors (Lipinski definition) is 4. The highest BCUT2D eigenvalue weighted by atomic mass is 16.5. The van der Waals surface area contributed by atoms with Crippen molar-refractivity contribution >= 4 is 22.7 Å². The van der Waals surface area contributed by atoms with Gasteiger partial charge in [0, 0.05) is 36.1 Å². The average Bonchev–Trinajstić information content (AvgIpc) is 3.24. The molecule has 4 rings (SSSR count). The second kappa shape index (κ2) is 9.87. The predicted octanol–water partition coefficient (Wildman–Crippen LogP) is 2.62. The van der Waals surface area contributed by atoms with E-state index in [1.807, 2.05) is 53.6 Å². The molecule has 1 saturated heterocycles. The van der Waals surface area contributed by atoms with Gasteiger partial charge in [0.1, 0.15) is 5.75 Å². The molecule has 32 heavy (non-hydrogen) atoms. The molecule has 7 nitrogen and oxygen atoms in total. The number of benzene rings is 2. The van der Waals surface area contributed by atoms with Crippen LogP contribution in [-0.2, 0) is 9.59 Å². The molecule has 7 heteroatoms. The molecule has 2 heterocycles. The number of nitrogens with one attached hydrogen (secondary N) is 2. The molecule has 4 N–H and O–H groups in total. The van der Waals surface area contributed by atoms with Crippen molar-refractivity contribution in [1.82, 2.24) is 15.2 Å². The van der Waals surface area contributed by atoms with E-state index in [0.29, 0.717) is 13.1 Å². The number of piperidine rings is 1. The first kappa shape index (κ1) is 21.9. The number of para-hydroxylation sites is 1.